The summed E-state index contributed by atoms with van der Waals surface area (Å²) in [4.78, 5) is 3.75. The van der Waals surface area contributed by atoms with Crippen LogP contribution in [-0.4, -0.2) is 19.9 Å². The van der Waals surface area contributed by atoms with Crippen LogP contribution in [0.1, 0.15) is 13.8 Å². The van der Waals surface area contributed by atoms with Gasteiger partial charge in [-0.1, -0.05) is 25.4 Å². The molecule has 0 saturated heterocycles. The Morgan fingerprint density at radius 1 is 1.50 bits per heavy atom. The molecule has 1 aromatic rings. The molecule has 0 aliphatic rings. The maximum Gasteiger partial charge on any atom is 0.299 e. The van der Waals surface area contributed by atoms with Crippen LogP contribution in [0.15, 0.2) is 18.3 Å². The molecule has 1 heterocycles. The Labute approximate surface area is 100 Å². The van der Waals surface area contributed by atoms with Crippen molar-refractivity contribution >= 4 is 27.5 Å². The van der Waals surface area contributed by atoms with E-state index in [1.165, 1.54) is 18.3 Å². The maximum absolute atomic E-state index is 11.5. The van der Waals surface area contributed by atoms with E-state index in [0.717, 1.165) is 0 Å². The molecule has 0 fully saturated rings. The third-order valence-corrected chi connectivity index (χ3v) is 2.92. The van der Waals surface area contributed by atoms with Gasteiger partial charge in [-0.15, -0.1) is 0 Å². The van der Waals surface area contributed by atoms with Gasteiger partial charge in [-0.05, 0) is 18.1 Å². The summed E-state index contributed by atoms with van der Waals surface area (Å²) in [7, 11) is -3.53. The summed E-state index contributed by atoms with van der Waals surface area (Å²) in [6, 6.07) is 2.97. The van der Waals surface area contributed by atoms with Crippen LogP contribution in [0, 0.1) is 5.92 Å². The summed E-state index contributed by atoms with van der Waals surface area (Å²) < 4.78 is 27.8. The summed E-state index contributed by atoms with van der Waals surface area (Å²) in [5, 5.41) is 0.240. The molecular weight excluding hydrogens is 250 g/mol. The lowest BCUT2D eigenvalue weighted by Crippen LogP contribution is -2.32. The summed E-state index contributed by atoms with van der Waals surface area (Å²) in [6.07, 6.45) is 1.43. The lowest BCUT2D eigenvalue weighted by Gasteiger charge is -2.10. The fraction of sp³-hybridized carbons (Fsp3) is 0.444. The second kappa shape index (κ2) is 5.47. The number of hydrogen-bond donors (Lipinski definition) is 2. The van der Waals surface area contributed by atoms with Gasteiger partial charge in [0.25, 0.3) is 10.2 Å². The van der Waals surface area contributed by atoms with Crippen molar-refractivity contribution in [2.75, 3.05) is 11.3 Å². The van der Waals surface area contributed by atoms with E-state index >= 15 is 0 Å². The van der Waals surface area contributed by atoms with E-state index in [4.69, 9.17) is 11.6 Å². The van der Waals surface area contributed by atoms with Crippen molar-refractivity contribution in [1.82, 2.24) is 9.71 Å². The van der Waals surface area contributed by atoms with Crippen molar-refractivity contribution in [3.8, 4) is 0 Å². The van der Waals surface area contributed by atoms with Gasteiger partial charge in [0.1, 0.15) is 5.15 Å². The normalized spacial score (nSPS) is 11.8. The number of nitrogens with zero attached hydrogens (tertiary/aromatic N) is 1. The third-order valence-electron chi connectivity index (χ3n) is 1.66. The first-order valence-corrected chi connectivity index (χ1v) is 6.64. The first kappa shape index (κ1) is 13.2. The van der Waals surface area contributed by atoms with Crippen molar-refractivity contribution < 1.29 is 8.42 Å². The molecule has 0 aromatic carbocycles. The minimum absolute atomic E-state index is 0.240. The zero-order valence-corrected chi connectivity index (χ0v) is 10.6. The standard InChI is InChI=1S/C9H14ClN3O2S/c1-7(2)6-12-16(14,15)13-8-3-4-11-9(10)5-8/h3-5,7,12H,6H2,1-2H3,(H,11,13). The zero-order chi connectivity index (χ0) is 12.2. The highest BCUT2D eigenvalue weighted by molar-refractivity contribution is 7.90. The Morgan fingerprint density at radius 2 is 2.19 bits per heavy atom. The molecule has 5 nitrogen and oxygen atoms in total. The molecule has 16 heavy (non-hydrogen) atoms. The van der Waals surface area contributed by atoms with Gasteiger partial charge in [-0.2, -0.15) is 13.1 Å². The first-order valence-electron chi connectivity index (χ1n) is 4.78. The van der Waals surface area contributed by atoms with Gasteiger partial charge in [0.05, 0.1) is 5.69 Å². The van der Waals surface area contributed by atoms with E-state index in [2.05, 4.69) is 14.4 Å². The molecule has 0 spiro atoms. The van der Waals surface area contributed by atoms with Crippen LogP contribution in [-0.2, 0) is 10.2 Å². The molecule has 0 unspecified atom stereocenters. The van der Waals surface area contributed by atoms with Crippen LogP contribution in [0.3, 0.4) is 0 Å². The molecule has 1 aromatic heterocycles. The summed E-state index contributed by atoms with van der Waals surface area (Å²) in [5.41, 5.74) is 0.385. The minimum Gasteiger partial charge on any atom is -0.271 e. The predicted molar refractivity (Wildman–Crippen MR) is 64.6 cm³/mol. The molecule has 90 valence electrons. The quantitative estimate of drug-likeness (QED) is 0.794. The first-order chi connectivity index (χ1) is 7.39. The van der Waals surface area contributed by atoms with Crippen molar-refractivity contribution in [3.05, 3.63) is 23.5 Å². The maximum atomic E-state index is 11.5. The van der Waals surface area contributed by atoms with Crippen molar-refractivity contribution in [2.24, 2.45) is 5.92 Å². The molecule has 0 amide bonds. The van der Waals surface area contributed by atoms with Gasteiger partial charge < -0.3 is 0 Å². The highest BCUT2D eigenvalue weighted by Gasteiger charge is 2.10. The summed E-state index contributed by atoms with van der Waals surface area (Å²) in [5.74, 6) is 0.248. The van der Waals surface area contributed by atoms with Gasteiger partial charge in [-0.3, -0.25) is 4.72 Å². The van der Waals surface area contributed by atoms with E-state index in [1.807, 2.05) is 13.8 Å². The topological polar surface area (TPSA) is 71.1 Å². The van der Waals surface area contributed by atoms with Gasteiger partial charge in [-0.25, -0.2) is 4.98 Å². The Morgan fingerprint density at radius 3 is 2.75 bits per heavy atom. The van der Waals surface area contributed by atoms with Crippen LogP contribution in [0.4, 0.5) is 5.69 Å². The third kappa shape index (κ3) is 4.78. The van der Waals surface area contributed by atoms with Crippen LogP contribution >= 0.6 is 11.6 Å². The molecule has 0 aliphatic carbocycles. The zero-order valence-electron chi connectivity index (χ0n) is 9.07. The van der Waals surface area contributed by atoms with E-state index in [9.17, 15) is 8.42 Å². The Balaban J connectivity index is 2.66. The molecule has 0 aliphatic heterocycles. The molecule has 7 heteroatoms. The number of anilines is 1. The Bertz CT molecular complexity index is 448. The van der Waals surface area contributed by atoms with E-state index in [1.54, 1.807) is 0 Å². The minimum atomic E-state index is -3.53. The number of rotatable bonds is 5. The van der Waals surface area contributed by atoms with Crippen LogP contribution in [0.25, 0.3) is 0 Å². The van der Waals surface area contributed by atoms with Crippen LogP contribution in [0.2, 0.25) is 5.15 Å². The average molecular weight is 264 g/mol. The largest absolute Gasteiger partial charge is 0.299 e. The van der Waals surface area contributed by atoms with Gasteiger partial charge >= 0.3 is 0 Å². The SMILES string of the molecule is CC(C)CNS(=O)(=O)Nc1ccnc(Cl)c1. The molecular formula is C9H14ClN3O2S. The highest BCUT2D eigenvalue weighted by atomic mass is 35.5. The molecule has 0 bridgehead atoms. The number of nitrogens with one attached hydrogen (secondary N) is 2. The smallest absolute Gasteiger partial charge is 0.271 e. The number of aromatic nitrogens is 1. The number of pyridine rings is 1. The highest BCUT2D eigenvalue weighted by Crippen LogP contribution is 2.12. The second-order valence-electron chi connectivity index (χ2n) is 3.72. The fourth-order valence-corrected chi connectivity index (χ4v) is 2.17. The monoisotopic (exact) mass is 263 g/mol. The lowest BCUT2D eigenvalue weighted by molar-refractivity contribution is 0.565. The molecule has 0 saturated carbocycles. The number of halogens is 1. The van der Waals surface area contributed by atoms with Gasteiger partial charge in [0.2, 0.25) is 0 Å². The van der Waals surface area contributed by atoms with E-state index in [-0.39, 0.29) is 11.1 Å². The summed E-state index contributed by atoms with van der Waals surface area (Å²) in [6.45, 7) is 4.23. The molecule has 0 atom stereocenters. The van der Waals surface area contributed by atoms with E-state index in [0.29, 0.717) is 12.2 Å². The molecule has 1 rings (SSSR count). The summed E-state index contributed by atoms with van der Waals surface area (Å²) >= 11 is 5.63. The number of hydrogen-bond acceptors (Lipinski definition) is 3. The molecule has 2 N–H and O–H groups in total. The van der Waals surface area contributed by atoms with Gasteiger partial charge in [0.15, 0.2) is 0 Å². The van der Waals surface area contributed by atoms with Crippen LogP contribution in [0.5, 0.6) is 0 Å². The second-order valence-corrected chi connectivity index (χ2v) is 5.60. The average Bonchev–Trinajstić information content (AvgIpc) is 2.14. The fourth-order valence-electron chi connectivity index (χ4n) is 0.934. The lowest BCUT2D eigenvalue weighted by atomic mass is 10.2. The van der Waals surface area contributed by atoms with Crippen molar-refractivity contribution in [1.29, 1.82) is 0 Å². The Hall–Kier alpha value is -0.850. The van der Waals surface area contributed by atoms with Gasteiger partial charge in [0, 0.05) is 12.7 Å². The van der Waals surface area contributed by atoms with Crippen LogP contribution < -0.4 is 9.44 Å². The Kier molecular flexibility index (Phi) is 4.52. The van der Waals surface area contributed by atoms with Crippen molar-refractivity contribution in [2.45, 2.75) is 13.8 Å². The van der Waals surface area contributed by atoms with E-state index < -0.39 is 10.2 Å². The van der Waals surface area contributed by atoms with Crippen molar-refractivity contribution in [3.63, 3.8) is 0 Å². The predicted octanol–water partition coefficient (Wildman–Crippen LogP) is 1.64. The molecule has 0 radical (unpaired) electrons.